The highest BCUT2D eigenvalue weighted by atomic mass is 16.5. The molecular weight excluding hydrogens is 366 g/mol. The van der Waals surface area contributed by atoms with Crippen LogP contribution in [0.1, 0.15) is 38.2 Å². The predicted molar refractivity (Wildman–Crippen MR) is 102 cm³/mol. The summed E-state index contributed by atoms with van der Waals surface area (Å²) in [6.07, 6.45) is 3.24. The summed E-state index contributed by atoms with van der Waals surface area (Å²) in [6, 6.07) is 4.90. The first-order valence-electron chi connectivity index (χ1n) is 9.04. The van der Waals surface area contributed by atoms with Crippen LogP contribution in [0.5, 0.6) is 11.5 Å². The molecule has 0 aliphatic carbocycles. The highest BCUT2D eigenvalue weighted by Gasteiger charge is 2.19. The summed E-state index contributed by atoms with van der Waals surface area (Å²) in [5.41, 5.74) is 3.67. The molecule has 0 aromatic heterocycles. The van der Waals surface area contributed by atoms with E-state index in [4.69, 9.17) is 14.6 Å². The molecule has 1 fully saturated rings. The minimum Gasteiger partial charge on any atom is -0.493 e. The molecular formula is C19H25N3O6. The standard InChI is InChI=1S/C19H25N3O6/c1-13(14-7-8-15(16(10-14)27-2)28-12-19(25)26)20-21-17(23)11-22-9-5-3-4-6-18(22)24/h7-8,10H,3-6,9,11-12H2,1-2H3,(H,21,23)(H,25,26)/b20-13-. The molecule has 0 unspecified atom stereocenters. The van der Waals surface area contributed by atoms with Crippen molar-refractivity contribution < 1.29 is 29.0 Å². The molecule has 1 heterocycles. The zero-order chi connectivity index (χ0) is 20.5. The maximum Gasteiger partial charge on any atom is 0.341 e. The molecule has 2 amide bonds. The summed E-state index contributed by atoms with van der Waals surface area (Å²) in [7, 11) is 1.44. The summed E-state index contributed by atoms with van der Waals surface area (Å²) in [5.74, 6) is -0.799. The fourth-order valence-corrected chi connectivity index (χ4v) is 2.78. The van der Waals surface area contributed by atoms with Crippen LogP contribution in [0.25, 0.3) is 0 Å². The van der Waals surface area contributed by atoms with Gasteiger partial charge in [-0.1, -0.05) is 6.42 Å². The van der Waals surface area contributed by atoms with Gasteiger partial charge in [0, 0.05) is 18.5 Å². The number of hydrazone groups is 1. The molecule has 28 heavy (non-hydrogen) atoms. The van der Waals surface area contributed by atoms with Crippen LogP contribution in [-0.2, 0) is 14.4 Å². The maximum atomic E-state index is 12.1. The Balaban J connectivity index is 1.98. The van der Waals surface area contributed by atoms with E-state index in [-0.39, 0.29) is 18.4 Å². The van der Waals surface area contributed by atoms with E-state index in [1.165, 1.54) is 7.11 Å². The number of hydrogen-bond donors (Lipinski definition) is 2. The van der Waals surface area contributed by atoms with Crippen LogP contribution < -0.4 is 14.9 Å². The van der Waals surface area contributed by atoms with Gasteiger partial charge in [0.1, 0.15) is 6.54 Å². The number of rotatable bonds is 8. The quantitative estimate of drug-likeness (QED) is 0.511. The average molecular weight is 391 g/mol. The number of carbonyl (C=O) groups excluding carboxylic acids is 2. The number of aliphatic carboxylic acids is 1. The van der Waals surface area contributed by atoms with Crippen molar-refractivity contribution in [1.82, 2.24) is 10.3 Å². The highest BCUT2D eigenvalue weighted by molar-refractivity contribution is 6.00. The first-order valence-corrected chi connectivity index (χ1v) is 9.04. The molecule has 0 spiro atoms. The van der Waals surface area contributed by atoms with Crippen molar-refractivity contribution in [2.45, 2.75) is 32.6 Å². The first kappa shape index (κ1) is 21.2. The number of ether oxygens (including phenoxy) is 2. The second kappa shape index (κ2) is 10.3. The number of carbonyl (C=O) groups is 3. The summed E-state index contributed by atoms with van der Waals surface area (Å²) in [5, 5.41) is 12.8. The van der Waals surface area contributed by atoms with E-state index < -0.39 is 12.6 Å². The van der Waals surface area contributed by atoms with Gasteiger partial charge in [0.2, 0.25) is 5.91 Å². The molecule has 1 aromatic carbocycles. The van der Waals surface area contributed by atoms with E-state index in [1.54, 1.807) is 30.0 Å². The van der Waals surface area contributed by atoms with Crippen LogP contribution in [-0.4, -0.2) is 60.3 Å². The summed E-state index contributed by atoms with van der Waals surface area (Å²) >= 11 is 0. The predicted octanol–water partition coefficient (Wildman–Crippen LogP) is 1.40. The lowest BCUT2D eigenvalue weighted by Crippen LogP contribution is -2.39. The van der Waals surface area contributed by atoms with Crippen molar-refractivity contribution in [3.8, 4) is 11.5 Å². The van der Waals surface area contributed by atoms with E-state index in [0.29, 0.717) is 35.7 Å². The van der Waals surface area contributed by atoms with E-state index >= 15 is 0 Å². The molecule has 0 atom stereocenters. The maximum absolute atomic E-state index is 12.1. The number of amides is 2. The average Bonchev–Trinajstić information content (AvgIpc) is 2.88. The van der Waals surface area contributed by atoms with Crippen molar-refractivity contribution in [1.29, 1.82) is 0 Å². The van der Waals surface area contributed by atoms with E-state index in [9.17, 15) is 14.4 Å². The number of nitrogens with one attached hydrogen (secondary N) is 1. The molecule has 1 saturated heterocycles. The van der Waals surface area contributed by atoms with Gasteiger partial charge < -0.3 is 19.5 Å². The fraction of sp³-hybridized carbons (Fsp3) is 0.474. The molecule has 9 nitrogen and oxygen atoms in total. The first-order chi connectivity index (χ1) is 13.4. The van der Waals surface area contributed by atoms with Gasteiger partial charge in [-0.25, -0.2) is 10.2 Å². The molecule has 1 aliphatic rings. The van der Waals surface area contributed by atoms with Crippen LogP contribution in [0.2, 0.25) is 0 Å². The van der Waals surface area contributed by atoms with Crippen molar-refractivity contribution in [3.63, 3.8) is 0 Å². The Morgan fingerprint density at radius 2 is 2.04 bits per heavy atom. The number of carboxylic acid groups (broad SMARTS) is 1. The lowest BCUT2D eigenvalue weighted by molar-refractivity contribution is -0.139. The van der Waals surface area contributed by atoms with Gasteiger partial charge in [-0.3, -0.25) is 9.59 Å². The number of hydrogen-bond acceptors (Lipinski definition) is 6. The van der Waals surface area contributed by atoms with Gasteiger partial charge in [0.05, 0.1) is 12.8 Å². The lowest BCUT2D eigenvalue weighted by atomic mass is 10.1. The molecule has 0 radical (unpaired) electrons. The largest absolute Gasteiger partial charge is 0.493 e. The smallest absolute Gasteiger partial charge is 0.341 e. The summed E-state index contributed by atoms with van der Waals surface area (Å²) in [6.45, 7) is 1.81. The third-order valence-corrected chi connectivity index (χ3v) is 4.29. The second-order valence-corrected chi connectivity index (χ2v) is 6.41. The number of benzene rings is 1. The van der Waals surface area contributed by atoms with Crippen LogP contribution in [0.3, 0.4) is 0 Å². The van der Waals surface area contributed by atoms with Crippen molar-refractivity contribution in [2.75, 3.05) is 26.8 Å². The molecule has 1 aliphatic heterocycles. The normalized spacial score (nSPS) is 15.0. The van der Waals surface area contributed by atoms with Crippen LogP contribution in [0.15, 0.2) is 23.3 Å². The second-order valence-electron chi connectivity index (χ2n) is 6.41. The topological polar surface area (TPSA) is 118 Å². The summed E-state index contributed by atoms with van der Waals surface area (Å²) < 4.78 is 10.4. The Morgan fingerprint density at radius 3 is 2.75 bits per heavy atom. The molecule has 9 heteroatoms. The Labute approximate surface area is 163 Å². The van der Waals surface area contributed by atoms with Crippen LogP contribution >= 0.6 is 0 Å². The highest BCUT2D eigenvalue weighted by Crippen LogP contribution is 2.28. The van der Waals surface area contributed by atoms with Gasteiger partial charge in [0.15, 0.2) is 18.1 Å². The lowest BCUT2D eigenvalue weighted by Gasteiger charge is -2.19. The minimum absolute atomic E-state index is 0.00459. The number of nitrogens with zero attached hydrogens (tertiary/aromatic N) is 2. The van der Waals surface area contributed by atoms with Crippen molar-refractivity contribution in [3.05, 3.63) is 23.8 Å². The third-order valence-electron chi connectivity index (χ3n) is 4.29. The van der Waals surface area contributed by atoms with E-state index in [1.807, 2.05) is 0 Å². The molecule has 0 saturated carbocycles. The Morgan fingerprint density at radius 1 is 1.25 bits per heavy atom. The Kier molecular flexibility index (Phi) is 7.79. The molecule has 152 valence electrons. The number of methoxy groups -OCH3 is 1. The van der Waals surface area contributed by atoms with Crippen LogP contribution in [0.4, 0.5) is 0 Å². The third kappa shape index (κ3) is 6.26. The fourth-order valence-electron chi connectivity index (χ4n) is 2.78. The van der Waals surface area contributed by atoms with Gasteiger partial charge in [-0.2, -0.15) is 5.10 Å². The SMILES string of the molecule is COc1cc(/C(C)=N\NC(=O)CN2CCCCCC2=O)ccc1OCC(=O)O. The van der Waals surface area contributed by atoms with Crippen molar-refractivity contribution >= 4 is 23.5 Å². The Hall–Kier alpha value is -3.10. The van der Waals surface area contributed by atoms with Crippen LogP contribution in [0, 0.1) is 0 Å². The zero-order valence-electron chi connectivity index (χ0n) is 16.1. The van der Waals surface area contributed by atoms with Gasteiger partial charge >= 0.3 is 5.97 Å². The molecule has 0 bridgehead atoms. The van der Waals surface area contributed by atoms with E-state index in [0.717, 1.165) is 19.3 Å². The van der Waals surface area contributed by atoms with Gasteiger partial charge in [0.25, 0.3) is 5.91 Å². The number of likely N-dealkylation sites (tertiary alicyclic amines) is 1. The zero-order valence-corrected chi connectivity index (χ0v) is 16.1. The van der Waals surface area contributed by atoms with Gasteiger partial charge in [-0.05, 0) is 38.0 Å². The van der Waals surface area contributed by atoms with E-state index in [2.05, 4.69) is 10.5 Å². The molecule has 2 N–H and O–H groups in total. The number of carboxylic acids is 1. The minimum atomic E-state index is -1.09. The van der Waals surface area contributed by atoms with Crippen molar-refractivity contribution in [2.24, 2.45) is 5.10 Å². The monoisotopic (exact) mass is 391 g/mol. The Bertz CT molecular complexity index is 762. The molecule has 2 rings (SSSR count). The molecule has 1 aromatic rings. The summed E-state index contributed by atoms with van der Waals surface area (Å²) in [4.78, 5) is 36.3. The van der Waals surface area contributed by atoms with Gasteiger partial charge in [-0.15, -0.1) is 0 Å².